The first-order valence-electron chi connectivity index (χ1n) is 7.20. The molecular formula is C18H20N2S. The Balaban J connectivity index is 1.92. The van der Waals surface area contributed by atoms with Gasteiger partial charge in [-0.05, 0) is 31.5 Å². The molecule has 0 aliphatic carbocycles. The minimum atomic E-state index is 0.116. The lowest BCUT2D eigenvalue weighted by Gasteiger charge is -2.19. The minimum absolute atomic E-state index is 0.116. The van der Waals surface area contributed by atoms with Crippen molar-refractivity contribution < 1.29 is 0 Å². The van der Waals surface area contributed by atoms with E-state index in [2.05, 4.69) is 73.9 Å². The first kappa shape index (κ1) is 14.2. The summed E-state index contributed by atoms with van der Waals surface area (Å²) < 4.78 is 0. The normalized spacial score (nSPS) is 12.0. The molecule has 3 heteroatoms. The number of thiazole rings is 1. The number of rotatable bonds is 3. The predicted octanol–water partition coefficient (Wildman–Crippen LogP) is 4.85. The summed E-state index contributed by atoms with van der Waals surface area (Å²) in [6, 6.07) is 14.9. The van der Waals surface area contributed by atoms with Gasteiger partial charge in [0, 0.05) is 23.0 Å². The Labute approximate surface area is 129 Å². The standard InChI is InChI=1S/C18H20N2S/c1-18(2,3)19-11-17-20-16(12-21-17)15-10-6-8-13-7-4-5-9-14(13)15/h4-10,12,19H,11H2,1-3H3. The molecular weight excluding hydrogens is 276 g/mol. The fourth-order valence-corrected chi connectivity index (χ4v) is 3.04. The number of aromatic nitrogens is 1. The topological polar surface area (TPSA) is 24.9 Å². The van der Waals surface area contributed by atoms with Crippen molar-refractivity contribution >= 4 is 22.1 Å². The second kappa shape index (κ2) is 5.58. The zero-order valence-corrected chi connectivity index (χ0v) is 13.5. The average Bonchev–Trinajstić information content (AvgIpc) is 2.92. The van der Waals surface area contributed by atoms with E-state index in [0.717, 1.165) is 17.2 Å². The largest absolute Gasteiger partial charge is 0.306 e. The lowest BCUT2D eigenvalue weighted by Crippen LogP contribution is -2.34. The van der Waals surface area contributed by atoms with E-state index in [4.69, 9.17) is 4.98 Å². The summed E-state index contributed by atoms with van der Waals surface area (Å²) in [5.41, 5.74) is 2.40. The third-order valence-electron chi connectivity index (χ3n) is 3.39. The summed E-state index contributed by atoms with van der Waals surface area (Å²) in [7, 11) is 0. The van der Waals surface area contributed by atoms with Crippen LogP contribution in [0.25, 0.3) is 22.0 Å². The SMILES string of the molecule is CC(C)(C)NCc1nc(-c2cccc3ccccc23)cs1. The van der Waals surface area contributed by atoms with E-state index in [0.29, 0.717) is 0 Å². The Bertz CT molecular complexity index is 748. The predicted molar refractivity (Wildman–Crippen MR) is 91.6 cm³/mol. The molecule has 0 amide bonds. The molecule has 0 aliphatic heterocycles. The quantitative estimate of drug-likeness (QED) is 0.747. The molecule has 108 valence electrons. The number of nitrogens with zero attached hydrogens (tertiary/aromatic N) is 1. The molecule has 21 heavy (non-hydrogen) atoms. The van der Waals surface area contributed by atoms with Gasteiger partial charge in [0.2, 0.25) is 0 Å². The van der Waals surface area contributed by atoms with Crippen LogP contribution < -0.4 is 5.32 Å². The Kier molecular flexibility index (Phi) is 3.79. The third-order valence-corrected chi connectivity index (χ3v) is 4.24. The molecule has 0 fully saturated rings. The second-order valence-corrected chi connectivity index (χ2v) is 7.20. The summed E-state index contributed by atoms with van der Waals surface area (Å²) in [6.07, 6.45) is 0. The molecule has 1 N–H and O–H groups in total. The van der Waals surface area contributed by atoms with Crippen LogP contribution in [-0.2, 0) is 6.54 Å². The molecule has 2 nitrogen and oxygen atoms in total. The first-order valence-corrected chi connectivity index (χ1v) is 8.08. The smallest absolute Gasteiger partial charge is 0.107 e. The summed E-state index contributed by atoms with van der Waals surface area (Å²) in [4.78, 5) is 4.79. The van der Waals surface area contributed by atoms with Gasteiger partial charge in [-0.3, -0.25) is 0 Å². The maximum Gasteiger partial charge on any atom is 0.107 e. The molecule has 0 bridgehead atoms. The van der Waals surface area contributed by atoms with Gasteiger partial charge in [0.15, 0.2) is 0 Å². The van der Waals surface area contributed by atoms with E-state index in [1.807, 2.05) is 0 Å². The molecule has 0 unspecified atom stereocenters. The zero-order valence-electron chi connectivity index (χ0n) is 12.7. The van der Waals surface area contributed by atoms with Crippen molar-refractivity contribution in [2.24, 2.45) is 0 Å². The van der Waals surface area contributed by atoms with Crippen molar-refractivity contribution in [1.82, 2.24) is 10.3 Å². The third kappa shape index (κ3) is 3.31. The average molecular weight is 296 g/mol. The van der Waals surface area contributed by atoms with Gasteiger partial charge in [-0.25, -0.2) is 4.98 Å². The minimum Gasteiger partial charge on any atom is -0.306 e. The van der Waals surface area contributed by atoms with E-state index < -0.39 is 0 Å². The lowest BCUT2D eigenvalue weighted by atomic mass is 10.0. The highest BCUT2D eigenvalue weighted by Crippen LogP contribution is 2.29. The van der Waals surface area contributed by atoms with Crippen molar-refractivity contribution in [3.63, 3.8) is 0 Å². The van der Waals surface area contributed by atoms with E-state index in [-0.39, 0.29) is 5.54 Å². The van der Waals surface area contributed by atoms with Crippen LogP contribution in [0.1, 0.15) is 25.8 Å². The van der Waals surface area contributed by atoms with Crippen molar-refractivity contribution in [1.29, 1.82) is 0 Å². The van der Waals surface area contributed by atoms with Gasteiger partial charge in [0.05, 0.1) is 5.69 Å². The Morgan fingerprint density at radius 2 is 1.81 bits per heavy atom. The zero-order chi connectivity index (χ0) is 14.9. The monoisotopic (exact) mass is 296 g/mol. The van der Waals surface area contributed by atoms with Gasteiger partial charge in [-0.2, -0.15) is 0 Å². The van der Waals surface area contributed by atoms with Crippen molar-refractivity contribution in [3.8, 4) is 11.3 Å². The van der Waals surface area contributed by atoms with Gasteiger partial charge < -0.3 is 5.32 Å². The van der Waals surface area contributed by atoms with E-state index in [9.17, 15) is 0 Å². The van der Waals surface area contributed by atoms with E-state index >= 15 is 0 Å². The lowest BCUT2D eigenvalue weighted by molar-refractivity contribution is 0.424. The highest BCUT2D eigenvalue weighted by molar-refractivity contribution is 7.09. The van der Waals surface area contributed by atoms with Gasteiger partial charge in [-0.1, -0.05) is 42.5 Å². The van der Waals surface area contributed by atoms with Gasteiger partial charge >= 0.3 is 0 Å². The molecule has 0 spiro atoms. The number of benzene rings is 2. The molecule has 0 radical (unpaired) electrons. The van der Waals surface area contributed by atoms with Crippen LogP contribution in [0.15, 0.2) is 47.8 Å². The van der Waals surface area contributed by atoms with Crippen LogP contribution in [0.2, 0.25) is 0 Å². The molecule has 3 aromatic rings. The van der Waals surface area contributed by atoms with Crippen LogP contribution in [0, 0.1) is 0 Å². The Hall–Kier alpha value is -1.71. The molecule has 3 rings (SSSR count). The number of nitrogens with one attached hydrogen (secondary N) is 1. The Morgan fingerprint density at radius 1 is 1.05 bits per heavy atom. The van der Waals surface area contributed by atoms with Crippen molar-refractivity contribution in [2.75, 3.05) is 0 Å². The van der Waals surface area contributed by atoms with Crippen LogP contribution in [-0.4, -0.2) is 10.5 Å². The van der Waals surface area contributed by atoms with Crippen LogP contribution in [0.4, 0.5) is 0 Å². The van der Waals surface area contributed by atoms with Crippen LogP contribution in [0.3, 0.4) is 0 Å². The maximum atomic E-state index is 4.79. The fourth-order valence-electron chi connectivity index (χ4n) is 2.31. The maximum absolute atomic E-state index is 4.79. The van der Waals surface area contributed by atoms with Gasteiger partial charge in [0.25, 0.3) is 0 Å². The highest BCUT2D eigenvalue weighted by atomic mass is 32.1. The van der Waals surface area contributed by atoms with Gasteiger partial charge in [-0.15, -0.1) is 11.3 Å². The molecule has 1 heterocycles. The highest BCUT2D eigenvalue weighted by Gasteiger charge is 2.11. The summed E-state index contributed by atoms with van der Waals surface area (Å²) in [6.45, 7) is 7.34. The van der Waals surface area contributed by atoms with Crippen LogP contribution in [0.5, 0.6) is 0 Å². The molecule has 0 aliphatic rings. The van der Waals surface area contributed by atoms with Crippen molar-refractivity contribution in [2.45, 2.75) is 32.9 Å². The number of hydrogen-bond donors (Lipinski definition) is 1. The summed E-state index contributed by atoms with van der Waals surface area (Å²) in [5.74, 6) is 0. The molecule has 0 atom stereocenters. The fraction of sp³-hybridized carbons (Fsp3) is 0.278. The molecule has 2 aromatic carbocycles. The summed E-state index contributed by atoms with van der Waals surface area (Å²) in [5, 5.41) is 9.30. The Morgan fingerprint density at radius 3 is 2.62 bits per heavy atom. The van der Waals surface area contributed by atoms with Crippen LogP contribution >= 0.6 is 11.3 Å². The van der Waals surface area contributed by atoms with E-state index in [1.54, 1.807) is 11.3 Å². The molecule has 1 aromatic heterocycles. The second-order valence-electron chi connectivity index (χ2n) is 6.26. The first-order chi connectivity index (χ1) is 10.0. The number of hydrogen-bond acceptors (Lipinski definition) is 3. The number of fused-ring (bicyclic) bond motifs is 1. The molecule has 0 saturated carbocycles. The van der Waals surface area contributed by atoms with Crippen molar-refractivity contribution in [3.05, 3.63) is 52.9 Å². The van der Waals surface area contributed by atoms with E-state index in [1.165, 1.54) is 16.3 Å². The summed E-state index contributed by atoms with van der Waals surface area (Å²) >= 11 is 1.72. The van der Waals surface area contributed by atoms with Gasteiger partial charge in [0.1, 0.15) is 5.01 Å². The molecule has 0 saturated heterocycles.